The molecule has 0 amide bonds. The van der Waals surface area contributed by atoms with Gasteiger partial charge in [-0.1, -0.05) is 48.8 Å². The highest BCUT2D eigenvalue weighted by atomic mass is 79.9. The third-order valence-corrected chi connectivity index (χ3v) is 3.67. The van der Waals surface area contributed by atoms with Gasteiger partial charge in [-0.25, -0.2) is 0 Å². The maximum Gasteiger partial charge on any atom is 0.0892 e. The Hall–Kier alpha value is -0.340. The number of aliphatic hydroxyl groups excluding tert-OH is 1. The van der Waals surface area contributed by atoms with Crippen LogP contribution in [0.15, 0.2) is 12.1 Å². The number of rotatable bonds is 5. The van der Waals surface area contributed by atoms with E-state index >= 15 is 0 Å². The van der Waals surface area contributed by atoms with Gasteiger partial charge in [-0.15, -0.1) is 0 Å². The Kier molecular flexibility index (Phi) is 5.50. The van der Waals surface area contributed by atoms with Crippen LogP contribution in [0.3, 0.4) is 0 Å². The normalized spacial score (nSPS) is 12.8. The molecule has 0 aromatic heterocycles. The summed E-state index contributed by atoms with van der Waals surface area (Å²) >= 11 is 3.36. The highest BCUT2D eigenvalue weighted by molar-refractivity contribution is 9.09. The Balaban J connectivity index is 3.31. The Bertz CT molecular complexity index is 322. The van der Waals surface area contributed by atoms with E-state index < -0.39 is 0 Å². The second-order valence-corrected chi connectivity index (χ2v) is 4.71. The maximum absolute atomic E-state index is 10.1. The lowest BCUT2D eigenvalue weighted by atomic mass is 9.91. The molecule has 0 saturated heterocycles. The van der Waals surface area contributed by atoms with Gasteiger partial charge in [0.1, 0.15) is 0 Å². The Labute approximate surface area is 107 Å². The van der Waals surface area contributed by atoms with Crippen LogP contribution in [0.5, 0.6) is 0 Å². The van der Waals surface area contributed by atoms with Gasteiger partial charge in [0.15, 0.2) is 0 Å². The average Bonchev–Trinajstić information content (AvgIpc) is 2.35. The van der Waals surface area contributed by atoms with Crippen LogP contribution >= 0.6 is 15.9 Å². The molecule has 16 heavy (non-hydrogen) atoms. The summed E-state index contributed by atoms with van der Waals surface area (Å²) < 4.78 is 0. The number of alkyl halides is 1. The summed E-state index contributed by atoms with van der Waals surface area (Å²) in [5.41, 5.74) is 5.10. The fourth-order valence-electron chi connectivity index (χ4n) is 2.15. The van der Waals surface area contributed by atoms with Crippen molar-refractivity contribution in [2.24, 2.45) is 0 Å². The first kappa shape index (κ1) is 13.7. The van der Waals surface area contributed by atoms with Crippen molar-refractivity contribution >= 4 is 15.9 Å². The van der Waals surface area contributed by atoms with E-state index in [-0.39, 0.29) is 6.10 Å². The molecule has 0 spiro atoms. The van der Waals surface area contributed by atoms with Crippen molar-refractivity contribution in [2.75, 3.05) is 5.33 Å². The Morgan fingerprint density at radius 1 is 1.06 bits per heavy atom. The van der Waals surface area contributed by atoms with E-state index in [4.69, 9.17) is 0 Å². The van der Waals surface area contributed by atoms with Crippen molar-refractivity contribution in [1.29, 1.82) is 0 Å². The van der Waals surface area contributed by atoms with E-state index in [1.807, 2.05) is 0 Å². The largest absolute Gasteiger partial charge is 0.388 e. The van der Waals surface area contributed by atoms with Gasteiger partial charge in [0.2, 0.25) is 0 Å². The summed E-state index contributed by atoms with van der Waals surface area (Å²) in [5.74, 6) is 0. The van der Waals surface area contributed by atoms with E-state index in [2.05, 4.69) is 48.8 Å². The van der Waals surface area contributed by atoms with E-state index in [1.165, 1.54) is 16.7 Å². The lowest BCUT2D eigenvalue weighted by molar-refractivity contribution is 0.203. The van der Waals surface area contributed by atoms with Crippen LogP contribution in [-0.2, 0) is 19.3 Å². The van der Waals surface area contributed by atoms with Gasteiger partial charge in [-0.2, -0.15) is 0 Å². The van der Waals surface area contributed by atoms with Crippen LogP contribution < -0.4 is 0 Å². The molecule has 0 aliphatic rings. The number of hydrogen-bond donors (Lipinski definition) is 1. The Morgan fingerprint density at radius 2 is 1.56 bits per heavy atom. The van der Waals surface area contributed by atoms with Crippen molar-refractivity contribution in [1.82, 2.24) is 0 Å². The van der Waals surface area contributed by atoms with Crippen LogP contribution in [0.25, 0.3) is 0 Å². The fraction of sp³-hybridized carbons (Fsp3) is 0.571. The molecule has 90 valence electrons. The molecule has 2 heteroatoms. The molecule has 1 unspecified atom stereocenters. The second kappa shape index (κ2) is 6.41. The van der Waals surface area contributed by atoms with Gasteiger partial charge in [0.05, 0.1) is 6.10 Å². The second-order valence-electron chi connectivity index (χ2n) is 4.06. The van der Waals surface area contributed by atoms with Gasteiger partial charge >= 0.3 is 0 Å². The zero-order chi connectivity index (χ0) is 12.1. The highest BCUT2D eigenvalue weighted by Crippen LogP contribution is 2.27. The molecular weight excluding hydrogens is 264 g/mol. The molecule has 1 atom stereocenters. The maximum atomic E-state index is 10.1. The third kappa shape index (κ3) is 2.86. The highest BCUT2D eigenvalue weighted by Gasteiger charge is 2.15. The van der Waals surface area contributed by atoms with Gasteiger partial charge in [-0.3, -0.25) is 0 Å². The van der Waals surface area contributed by atoms with E-state index in [0.717, 1.165) is 24.8 Å². The number of halogens is 1. The first-order valence-corrected chi connectivity index (χ1v) is 7.18. The minimum absolute atomic E-state index is 0.379. The van der Waals surface area contributed by atoms with Crippen molar-refractivity contribution in [3.8, 4) is 0 Å². The summed E-state index contributed by atoms with van der Waals surface area (Å²) in [6.07, 6.45) is 2.65. The van der Waals surface area contributed by atoms with Crippen molar-refractivity contribution in [3.63, 3.8) is 0 Å². The van der Waals surface area contributed by atoms with Crippen LogP contribution in [0.4, 0.5) is 0 Å². The predicted octanol–water partition coefficient (Wildman–Crippen LogP) is 3.80. The monoisotopic (exact) mass is 284 g/mol. The first-order valence-electron chi connectivity index (χ1n) is 6.06. The standard InChI is InChI=1S/C14H21BrO/c1-4-10-7-11(5-2)14(13(16)9-15)12(6-3)8-10/h7-8,13,16H,4-6,9H2,1-3H3. The third-order valence-electron chi connectivity index (χ3n) is 3.06. The van der Waals surface area contributed by atoms with Crippen LogP contribution in [0, 0.1) is 0 Å². The molecule has 0 heterocycles. The van der Waals surface area contributed by atoms with Gasteiger partial charge < -0.3 is 5.11 Å². The van der Waals surface area contributed by atoms with E-state index in [9.17, 15) is 5.11 Å². The van der Waals surface area contributed by atoms with Crippen molar-refractivity contribution in [3.05, 3.63) is 34.4 Å². The van der Waals surface area contributed by atoms with Crippen LogP contribution in [0.2, 0.25) is 0 Å². The molecule has 1 rings (SSSR count). The zero-order valence-electron chi connectivity index (χ0n) is 10.4. The van der Waals surface area contributed by atoms with E-state index in [0.29, 0.717) is 5.33 Å². The molecule has 0 aliphatic heterocycles. The molecule has 0 aliphatic carbocycles. The average molecular weight is 285 g/mol. The SMILES string of the molecule is CCc1cc(CC)c(C(O)CBr)c(CC)c1. The number of hydrogen-bond acceptors (Lipinski definition) is 1. The zero-order valence-corrected chi connectivity index (χ0v) is 12.0. The minimum Gasteiger partial charge on any atom is -0.388 e. The number of aliphatic hydroxyl groups is 1. The topological polar surface area (TPSA) is 20.2 Å². The molecule has 0 radical (unpaired) electrons. The van der Waals surface area contributed by atoms with Crippen LogP contribution in [-0.4, -0.2) is 10.4 Å². The molecule has 0 bridgehead atoms. The van der Waals surface area contributed by atoms with Gasteiger partial charge in [0, 0.05) is 5.33 Å². The molecule has 0 saturated carbocycles. The first-order chi connectivity index (χ1) is 7.67. The lowest BCUT2D eigenvalue weighted by Gasteiger charge is -2.18. The number of benzene rings is 1. The molecular formula is C14H21BrO. The molecule has 1 aromatic carbocycles. The smallest absolute Gasteiger partial charge is 0.0892 e. The lowest BCUT2D eigenvalue weighted by Crippen LogP contribution is -2.08. The predicted molar refractivity (Wildman–Crippen MR) is 73.3 cm³/mol. The van der Waals surface area contributed by atoms with Crippen LogP contribution in [0.1, 0.15) is 49.1 Å². The van der Waals surface area contributed by atoms with Crippen molar-refractivity contribution < 1.29 is 5.11 Å². The minimum atomic E-state index is -0.379. The molecule has 1 aromatic rings. The molecule has 1 N–H and O–H groups in total. The summed E-state index contributed by atoms with van der Waals surface area (Å²) in [6, 6.07) is 4.47. The Morgan fingerprint density at radius 3 is 1.88 bits per heavy atom. The van der Waals surface area contributed by atoms with Crippen molar-refractivity contribution in [2.45, 2.75) is 46.1 Å². The number of aryl methyl sites for hydroxylation is 3. The molecule has 0 fully saturated rings. The van der Waals surface area contributed by atoms with Gasteiger partial charge in [-0.05, 0) is 41.5 Å². The fourth-order valence-corrected chi connectivity index (χ4v) is 2.47. The summed E-state index contributed by atoms with van der Waals surface area (Å²) in [4.78, 5) is 0. The quantitative estimate of drug-likeness (QED) is 0.816. The summed E-state index contributed by atoms with van der Waals surface area (Å²) in [5, 5.41) is 10.7. The van der Waals surface area contributed by atoms with Gasteiger partial charge in [0.25, 0.3) is 0 Å². The molecule has 1 nitrogen and oxygen atoms in total. The van der Waals surface area contributed by atoms with E-state index in [1.54, 1.807) is 0 Å². The summed E-state index contributed by atoms with van der Waals surface area (Å²) in [7, 11) is 0. The summed E-state index contributed by atoms with van der Waals surface area (Å²) in [6.45, 7) is 6.48.